The monoisotopic (exact) mass is 293 g/mol. The summed E-state index contributed by atoms with van der Waals surface area (Å²) in [7, 11) is -3.57. The summed E-state index contributed by atoms with van der Waals surface area (Å²) >= 11 is 5.81. The molecule has 0 spiro atoms. The molecular weight excluding hydrogens is 278 g/mol. The lowest BCUT2D eigenvalue weighted by Gasteiger charge is -2.33. The second-order valence-electron chi connectivity index (χ2n) is 4.26. The molecule has 6 nitrogen and oxygen atoms in total. The van der Waals surface area contributed by atoms with E-state index in [1.807, 2.05) is 0 Å². The Labute approximate surface area is 111 Å². The van der Waals surface area contributed by atoms with Crippen LogP contribution in [-0.2, 0) is 14.8 Å². The van der Waals surface area contributed by atoms with Gasteiger partial charge in [0, 0.05) is 12.4 Å². The number of sulfonamides is 1. The molecule has 2 rings (SSSR count). The fourth-order valence-electron chi connectivity index (χ4n) is 2.12. The molecule has 1 unspecified atom stereocenters. The fourth-order valence-corrected chi connectivity index (χ4v) is 4.38. The number of aromatic nitrogens is 2. The highest BCUT2D eigenvalue weighted by atomic mass is 35.5. The summed E-state index contributed by atoms with van der Waals surface area (Å²) in [5.74, 6) is 0.217. The average Bonchev–Trinajstić information content (AvgIpc) is 2.69. The van der Waals surface area contributed by atoms with Crippen LogP contribution >= 0.6 is 11.6 Å². The van der Waals surface area contributed by atoms with Crippen LogP contribution in [-0.4, -0.2) is 54.6 Å². The van der Waals surface area contributed by atoms with Crippen LogP contribution < -0.4 is 0 Å². The molecule has 0 amide bonds. The number of hydrogen-bond donors (Lipinski definition) is 1. The van der Waals surface area contributed by atoms with Crippen LogP contribution in [0.2, 0.25) is 0 Å². The molecule has 1 N–H and O–H groups in total. The number of morpholine rings is 1. The molecule has 102 valence electrons. The summed E-state index contributed by atoms with van der Waals surface area (Å²) in [6.07, 6.45) is 0. The van der Waals surface area contributed by atoms with Crippen molar-refractivity contribution in [1.29, 1.82) is 0 Å². The number of halogens is 1. The molecule has 18 heavy (non-hydrogen) atoms. The van der Waals surface area contributed by atoms with Crippen molar-refractivity contribution in [2.24, 2.45) is 0 Å². The van der Waals surface area contributed by atoms with Crippen molar-refractivity contribution in [3.8, 4) is 0 Å². The van der Waals surface area contributed by atoms with Gasteiger partial charge < -0.3 is 4.74 Å². The Morgan fingerprint density at radius 2 is 2.28 bits per heavy atom. The quantitative estimate of drug-likeness (QED) is 0.831. The maximum absolute atomic E-state index is 12.6. The molecule has 0 bridgehead atoms. The van der Waals surface area contributed by atoms with Crippen LogP contribution in [0.1, 0.15) is 11.4 Å². The van der Waals surface area contributed by atoms with E-state index in [9.17, 15) is 8.42 Å². The van der Waals surface area contributed by atoms with Crippen LogP contribution in [0.5, 0.6) is 0 Å². The van der Waals surface area contributed by atoms with Gasteiger partial charge in [-0.2, -0.15) is 9.40 Å². The third-order valence-electron chi connectivity index (χ3n) is 2.98. The molecule has 2 heterocycles. The van der Waals surface area contributed by atoms with Gasteiger partial charge in [-0.05, 0) is 13.8 Å². The maximum atomic E-state index is 12.6. The summed E-state index contributed by atoms with van der Waals surface area (Å²) in [5, 5.41) is 6.63. The van der Waals surface area contributed by atoms with E-state index in [4.69, 9.17) is 16.3 Å². The zero-order valence-electron chi connectivity index (χ0n) is 10.3. The summed E-state index contributed by atoms with van der Waals surface area (Å²) in [6, 6.07) is -0.320. The number of ether oxygens (including phenoxy) is 1. The summed E-state index contributed by atoms with van der Waals surface area (Å²) < 4.78 is 31.9. The number of rotatable bonds is 3. The van der Waals surface area contributed by atoms with E-state index >= 15 is 0 Å². The Bertz CT molecular complexity index is 509. The smallest absolute Gasteiger partial charge is 0.247 e. The van der Waals surface area contributed by atoms with Crippen molar-refractivity contribution in [3.63, 3.8) is 0 Å². The first-order valence-electron chi connectivity index (χ1n) is 5.65. The molecule has 0 aliphatic carbocycles. The van der Waals surface area contributed by atoms with E-state index in [-0.39, 0.29) is 16.8 Å². The number of aryl methyl sites for hydroxylation is 2. The van der Waals surface area contributed by atoms with Crippen molar-refractivity contribution >= 4 is 21.6 Å². The Morgan fingerprint density at radius 1 is 1.56 bits per heavy atom. The van der Waals surface area contributed by atoms with Gasteiger partial charge in [0.05, 0.1) is 30.6 Å². The van der Waals surface area contributed by atoms with Gasteiger partial charge in [0.1, 0.15) is 4.90 Å². The van der Waals surface area contributed by atoms with E-state index in [1.54, 1.807) is 13.8 Å². The van der Waals surface area contributed by atoms with Crippen molar-refractivity contribution in [1.82, 2.24) is 14.5 Å². The minimum absolute atomic E-state index is 0.217. The lowest BCUT2D eigenvalue weighted by molar-refractivity contribution is 0.0404. The normalized spacial score (nSPS) is 22.3. The minimum atomic E-state index is -3.57. The van der Waals surface area contributed by atoms with Crippen molar-refractivity contribution in [2.45, 2.75) is 24.8 Å². The number of hydrogen-bond acceptors (Lipinski definition) is 4. The van der Waals surface area contributed by atoms with Gasteiger partial charge in [-0.15, -0.1) is 11.6 Å². The van der Waals surface area contributed by atoms with E-state index in [0.29, 0.717) is 31.1 Å². The predicted molar refractivity (Wildman–Crippen MR) is 67.3 cm³/mol. The van der Waals surface area contributed by atoms with Gasteiger partial charge in [0.15, 0.2) is 0 Å². The van der Waals surface area contributed by atoms with Gasteiger partial charge in [0.25, 0.3) is 0 Å². The molecule has 8 heteroatoms. The standard InChI is InChI=1S/C10H16ClN3O3S/c1-7-10(8(2)13-12-7)18(15,16)14-3-4-17-6-9(14)5-11/h9H,3-6H2,1-2H3,(H,12,13). The third kappa shape index (κ3) is 2.27. The Balaban J connectivity index is 2.41. The van der Waals surface area contributed by atoms with Gasteiger partial charge >= 0.3 is 0 Å². The Kier molecular flexibility index (Phi) is 3.96. The van der Waals surface area contributed by atoms with E-state index in [0.717, 1.165) is 0 Å². The van der Waals surface area contributed by atoms with Crippen molar-refractivity contribution in [3.05, 3.63) is 11.4 Å². The highest BCUT2D eigenvalue weighted by molar-refractivity contribution is 7.89. The fraction of sp³-hybridized carbons (Fsp3) is 0.700. The molecule has 1 aromatic heterocycles. The molecule has 0 aromatic carbocycles. The molecule has 1 aliphatic heterocycles. The molecular formula is C10H16ClN3O3S. The van der Waals surface area contributed by atoms with Crippen molar-refractivity contribution < 1.29 is 13.2 Å². The second kappa shape index (κ2) is 5.16. The number of alkyl halides is 1. The lowest BCUT2D eigenvalue weighted by Crippen LogP contribution is -2.49. The van der Waals surface area contributed by atoms with Crippen LogP contribution in [0.15, 0.2) is 4.90 Å². The molecule has 1 aliphatic rings. The van der Waals surface area contributed by atoms with Crippen molar-refractivity contribution in [2.75, 3.05) is 25.6 Å². The first-order chi connectivity index (χ1) is 8.48. The summed E-state index contributed by atoms with van der Waals surface area (Å²) in [4.78, 5) is 0.250. The molecule has 0 radical (unpaired) electrons. The molecule has 1 atom stereocenters. The van der Waals surface area contributed by atoms with Gasteiger partial charge in [-0.3, -0.25) is 5.10 Å². The number of H-pyrrole nitrogens is 1. The van der Waals surface area contributed by atoms with Gasteiger partial charge in [0.2, 0.25) is 10.0 Å². The van der Waals surface area contributed by atoms with Crippen LogP contribution in [0, 0.1) is 13.8 Å². The topological polar surface area (TPSA) is 75.3 Å². The van der Waals surface area contributed by atoms with Crippen LogP contribution in [0.4, 0.5) is 0 Å². The highest BCUT2D eigenvalue weighted by Gasteiger charge is 2.36. The predicted octanol–water partition coefficient (Wildman–Crippen LogP) is 0.655. The number of nitrogens with zero attached hydrogens (tertiary/aromatic N) is 2. The second-order valence-corrected chi connectivity index (χ2v) is 6.40. The van der Waals surface area contributed by atoms with Crippen LogP contribution in [0.3, 0.4) is 0 Å². The van der Waals surface area contributed by atoms with E-state index < -0.39 is 10.0 Å². The zero-order valence-corrected chi connectivity index (χ0v) is 11.9. The summed E-state index contributed by atoms with van der Waals surface area (Å²) in [5.41, 5.74) is 1.03. The first-order valence-corrected chi connectivity index (χ1v) is 7.63. The van der Waals surface area contributed by atoms with Crippen LogP contribution in [0.25, 0.3) is 0 Å². The summed E-state index contributed by atoms with van der Waals surface area (Å²) in [6.45, 7) is 4.42. The molecule has 1 fully saturated rings. The SMILES string of the molecule is Cc1n[nH]c(C)c1S(=O)(=O)N1CCOCC1CCl. The zero-order chi connectivity index (χ0) is 13.3. The lowest BCUT2D eigenvalue weighted by atomic mass is 10.3. The maximum Gasteiger partial charge on any atom is 0.247 e. The minimum Gasteiger partial charge on any atom is -0.378 e. The highest BCUT2D eigenvalue weighted by Crippen LogP contribution is 2.25. The first kappa shape index (κ1) is 13.8. The number of nitrogens with one attached hydrogen (secondary N) is 1. The molecule has 1 aromatic rings. The third-order valence-corrected chi connectivity index (χ3v) is 5.55. The largest absolute Gasteiger partial charge is 0.378 e. The molecule has 0 saturated carbocycles. The number of aromatic amines is 1. The van der Waals surface area contributed by atoms with E-state index in [1.165, 1.54) is 4.31 Å². The van der Waals surface area contributed by atoms with Gasteiger partial charge in [-0.25, -0.2) is 8.42 Å². The Hall–Kier alpha value is -0.630. The van der Waals surface area contributed by atoms with E-state index in [2.05, 4.69) is 10.2 Å². The Morgan fingerprint density at radius 3 is 2.83 bits per heavy atom. The average molecular weight is 294 g/mol. The van der Waals surface area contributed by atoms with Gasteiger partial charge in [-0.1, -0.05) is 0 Å². The molecule has 1 saturated heterocycles.